The molecule has 20 heavy (non-hydrogen) atoms. The van der Waals surface area contributed by atoms with Crippen LogP contribution in [0.2, 0.25) is 0 Å². The summed E-state index contributed by atoms with van der Waals surface area (Å²) in [5.74, 6) is 0. The Morgan fingerprint density at radius 2 is 0.900 bits per heavy atom. The van der Waals surface area contributed by atoms with E-state index in [0.717, 1.165) is 0 Å². The van der Waals surface area contributed by atoms with Gasteiger partial charge in [-0.15, -0.1) is 0 Å². The van der Waals surface area contributed by atoms with E-state index in [1.807, 2.05) is 0 Å². The minimum absolute atomic E-state index is 1.26. The Labute approximate surface area is 123 Å². The molecular weight excluding hydrogens is 240 g/mol. The summed E-state index contributed by atoms with van der Waals surface area (Å²) in [5.41, 5.74) is 13.7. The fourth-order valence-electron chi connectivity index (χ4n) is 3.09. The summed E-state index contributed by atoms with van der Waals surface area (Å²) in [6.07, 6.45) is 0. The number of hydrogen-bond acceptors (Lipinski definition) is 0. The molecule has 0 amide bonds. The van der Waals surface area contributed by atoms with Crippen LogP contribution in [0.3, 0.4) is 0 Å². The third-order valence-electron chi connectivity index (χ3n) is 4.87. The lowest BCUT2D eigenvalue weighted by molar-refractivity contribution is 1.20. The van der Waals surface area contributed by atoms with Crippen molar-refractivity contribution in [3.63, 3.8) is 0 Å². The van der Waals surface area contributed by atoms with Crippen LogP contribution in [-0.2, 0) is 0 Å². The average molecular weight is 265 g/mol. The molecule has 0 aliphatic rings. The minimum Gasteiger partial charge on any atom is -0.0558 e. The van der Waals surface area contributed by atoms with Crippen molar-refractivity contribution in [3.8, 4) is 11.1 Å². The molecule has 0 bridgehead atoms. The van der Waals surface area contributed by atoms with E-state index in [1.165, 1.54) is 55.6 Å². The molecule has 0 saturated carbocycles. The van der Waals surface area contributed by atoms with E-state index >= 15 is 0 Å². The second kappa shape index (κ2) is 5.09. The molecule has 0 aromatic heterocycles. The van der Waals surface area contributed by atoms with Crippen LogP contribution >= 0.6 is 0 Å². The molecule has 0 heterocycles. The molecular formula is C20H25. The van der Waals surface area contributed by atoms with Crippen LogP contribution in [0.15, 0.2) is 6.07 Å². The Morgan fingerprint density at radius 1 is 0.550 bits per heavy atom. The van der Waals surface area contributed by atoms with E-state index in [-0.39, 0.29) is 0 Å². The molecule has 2 aromatic rings. The van der Waals surface area contributed by atoms with E-state index in [0.29, 0.717) is 0 Å². The van der Waals surface area contributed by atoms with Gasteiger partial charge in [-0.3, -0.25) is 0 Å². The van der Waals surface area contributed by atoms with Gasteiger partial charge in [-0.1, -0.05) is 6.07 Å². The molecule has 0 spiro atoms. The van der Waals surface area contributed by atoms with Crippen LogP contribution in [0.4, 0.5) is 0 Å². The molecule has 105 valence electrons. The highest BCUT2D eigenvalue weighted by atomic mass is 14.2. The maximum atomic E-state index is 3.49. The van der Waals surface area contributed by atoms with Crippen molar-refractivity contribution in [3.05, 3.63) is 56.6 Å². The molecule has 0 fully saturated rings. The van der Waals surface area contributed by atoms with Crippen molar-refractivity contribution >= 4 is 0 Å². The smallest absolute Gasteiger partial charge is 0.0114 e. The number of hydrogen-bond donors (Lipinski definition) is 0. The van der Waals surface area contributed by atoms with Gasteiger partial charge in [-0.05, 0) is 117 Å². The summed E-state index contributed by atoms with van der Waals surface area (Å²) < 4.78 is 0. The van der Waals surface area contributed by atoms with Crippen LogP contribution in [-0.4, -0.2) is 0 Å². The molecule has 0 heteroatoms. The van der Waals surface area contributed by atoms with Crippen molar-refractivity contribution in [2.24, 2.45) is 0 Å². The predicted molar refractivity (Wildman–Crippen MR) is 88.6 cm³/mol. The SMILES string of the molecule is Cc1[c]c(C)c(C)c(-c2c(C)c(C)cc(C)c2C)c1C. The van der Waals surface area contributed by atoms with Gasteiger partial charge in [-0.25, -0.2) is 0 Å². The lowest BCUT2D eigenvalue weighted by Crippen LogP contribution is -2.01. The summed E-state index contributed by atoms with van der Waals surface area (Å²) in [6, 6.07) is 5.78. The maximum absolute atomic E-state index is 3.49. The lowest BCUT2D eigenvalue weighted by Gasteiger charge is -2.21. The minimum atomic E-state index is 1.26. The van der Waals surface area contributed by atoms with E-state index in [1.54, 1.807) is 0 Å². The van der Waals surface area contributed by atoms with Gasteiger partial charge >= 0.3 is 0 Å². The van der Waals surface area contributed by atoms with Gasteiger partial charge < -0.3 is 0 Å². The normalized spacial score (nSPS) is 11.0. The molecule has 2 rings (SSSR count). The Morgan fingerprint density at radius 3 is 1.30 bits per heavy atom. The Kier molecular flexibility index (Phi) is 3.77. The summed E-state index contributed by atoms with van der Waals surface area (Å²) in [5, 5.41) is 0. The van der Waals surface area contributed by atoms with Crippen molar-refractivity contribution < 1.29 is 0 Å². The largest absolute Gasteiger partial charge is 0.0558 e. The molecule has 0 N–H and O–H groups in total. The van der Waals surface area contributed by atoms with E-state index in [4.69, 9.17) is 0 Å². The van der Waals surface area contributed by atoms with Crippen molar-refractivity contribution in [2.45, 2.75) is 55.4 Å². The highest BCUT2D eigenvalue weighted by molar-refractivity contribution is 5.79. The molecule has 0 nitrogen and oxygen atoms in total. The predicted octanol–water partition coefficient (Wildman–Crippen LogP) is 5.62. The number of aryl methyl sites for hydroxylation is 4. The molecule has 0 aliphatic heterocycles. The first-order valence-electron chi connectivity index (χ1n) is 7.33. The second-order valence-corrected chi connectivity index (χ2v) is 6.14. The van der Waals surface area contributed by atoms with Gasteiger partial charge in [0.25, 0.3) is 0 Å². The van der Waals surface area contributed by atoms with Gasteiger partial charge in [0, 0.05) is 0 Å². The molecule has 0 aliphatic carbocycles. The van der Waals surface area contributed by atoms with Crippen molar-refractivity contribution in [1.82, 2.24) is 0 Å². The Hall–Kier alpha value is -1.56. The van der Waals surface area contributed by atoms with Crippen molar-refractivity contribution in [1.29, 1.82) is 0 Å². The monoisotopic (exact) mass is 265 g/mol. The van der Waals surface area contributed by atoms with Gasteiger partial charge in [0.1, 0.15) is 0 Å². The maximum Gasteiger partial charge on any atom is -0.0114 e. The van der Waals surface area contributed by atoms with E-state index in [9.17, 15) is 0 Å². The standard InChI is InChI=1S/C20H25/c1-11-9-12(2)16(6)19(15(11)5)20-17(7)13(3)10-14(4)18(20)8/h9H,1-8H3. The quantitative estimate of drug-likeness (QED) is 0.627. The lowest BCUT2D eigenvalue weighted by atomic mass is 9.83. The third kappa shape index (κ3) is 2.18. The highest BCUT2D eigenvalue weighted by Crippen LogP contribution is 2.37. The van der Waals surface area contributed by atoms with E-state index < -0.39 is 0 Å². The highest BCUT2D eigenvalue weighted by Gasteiger charge is 2.17. The van der Waals surface area contributed by atoms with Gasteiger partial charge in [0.15, 0.2) is 0 Å². The first-order chi connectivity index (χ1) is 9.25. The number of rotatable bonds is 1. The Bertz CT molecular complexity index is 574. The fraction of sp³-hybridized carbons (Fsp3) is 0.400. The van der Waals surface area contributed by atoms with Crippen molar-refractivity contribution in [2.75, 3.05) is 0 Å². The van der Waals surface area contributed by atoms with Gasteiger partial charge in [-0.2, -0.15) is 0 Å². The molecule has 0 atom stereocenters. The number of benzene rings is 2. The van der Waals surface area contributed by atoms with Crippen LogP contribution in [0.5, 0.6) is 0 Å². The zero-order chi connectivity index (χ0) is 15.2. The molecule has 1 radical (unpaired) electrons. The molecule has 2 aromatic carbocycles. The van der Waals surface area contributed by atoms with E-state index in [2.05, 4.69) is 67.5 Å². The van der Waals surface area contributed by atoms with Gasteiger partial charge in [0.2, 0.25) is 0 Å². The summed E-state index contributed by atoms with van der Waals surface area (Å²) in [4.78, 5) is 0. The van der Waals surface area contributed by atoms with Crippen LogP contribution in [0, 0.1) is 61.5 Å². The first kappa shape index (κ1) is 14.8. The first-order valence-corrected chi connectivity index (χ1v) is 7.33. The topological polar surface area (TPSA) is 0 Å². The summed E-state index contributed by atoms with van der Waals surface area (Å²) in [7, 11) is 0. The second-order valence-electron chi connectivity index (χ2n) is 6.14. The van der Waals surface area contributed by atoms with Crippen LogP contribution in [0.1, 0.15) is 44.5 Å². The van der Waals surface area contributed by atoms with Crippen LogP contribution < -0.4 is 0 Å². The zero-order valence-corrected chi connectivity index (χ0v) is 14.1. The average Bonchev–Trinajstić information content (AvgIpc) is 2.38. The third-order valence-corrected chi connectivity index (χ3v) is 4.87. The molecule has 0 unspecified atom stereocenters. The van der Waals surface area contributed by atoms with Crippen LogP contribution in [0.25, 0.3) is 11.1 Å². The fourth-order valence-corrected chi connectivity index (χ4v) is 3.09. The zero-order valence-electron chi connectivity index (χ0n) is 14.1. The van der Waals surface area contributed by atoms with Gasteiger partial charge in [0.05, 0.1) is 0 Å². The summed E-state index contributed by atoms with van der Waals surface area (Å²) >= 11 is 0. The Balaban J connectivity index is 2.96. The molecule has 0 saturated heterocycles. The summed E-state index contributed by atoms with van der Waals surface area (Å²) in [6.45, 7) is 17.7.